The molecule has 2 aliphatic rings. The third-order valence-electron chi connectivity index (χ3n) is 6.01. The van der Waals surface area contributed by atoms with Crippen LogP contribution in [0.3, 0.4) is 0 Å². The first-order valence-corrected chi connectivity index (χ1v) is 10.2. The van der Waals surface area contributed by atoms with Gasteiger partial charge >= 0.3 is 6.18 Å². The molecule has 2 unspecified atom stereocenters. The van der Waals surface area contributed by atoms with Crippen molar-refractivity contribution in [3.63, 3.8) is 0 Å². The number of ketones is 1. The van der Waals surface area contributed by atoms with Crippen LogP contribution in [-0.4, -0.2) is 35.8 Å². The van der Waals surface area contributed by atoms with Gasteiger partial charge < -0.3 is 0 Å². The van der Waals surface area contributed by atoms with Gasteiger partial charge in [-0.15, -0.1) is 0 Å². The fraction of sp³-hybridized carbons (Fsp3) is 0.333. The Morgan fingerprint density at radius 1 is 0.871 bits per heavy atom. The molecule has 0 spiro atoms. The number of amides is 1. The summed E-state index contributed by atoms with van der Waals surface area (Å²) in [5.74, 6) is -0.811. The number of benzene rings is 2. The van der Waals surface area contributed by atoms with Gasteiger partial charge in [-0.05, 0) is 35.6 Å². The smallest absolute Gasteiger partial charge is 0.294 e. The van der Waals surface area contributed by atoms with Crippen molar-refractivity contribution in [1.82, 2.24) is 10.0 Å². The average molecular weight is 428 g/mol. The highest BCUT2D eigenvalue weighted by atomic mass is 19.4. The maximum Gasteiger partial charge on any atom is 0.416 e. The van der Waals surface area contributed by atoms with E-state index in [1.165, 1.54) is 12.1 Å². The number of allylic oxidation sites excluding steroid dienone is 2. The van der Waals surface area contributed by atoms with Crippen LogP contribution in [0.1, 0.15) is 47.8 Å². The molecule has 162 valence electrons. The van der Waals surface area contributed by atoms with Gasteiger partial charge in [0.2, 0.25) is 5.91 Å². The zero-order valence-electron chi connectivity index (χ0n) is 17.3. The second-order valence-electron chi connectivity index (χ2n) is 8.23. The van der Waals surface area contributed by atoms with E-state index in [2.05, 4.69) is 0 Å². The van der Waals surface area contributed by atoms with E-state index in [9.17, 15) is 22.8 Å². The molecule has 0 aromatic heterocycles. The van der Waals surface area contributed by atoms with Gasteiger partial charge in [-0.25, -0.2) is 10.0 Å². The molecule has 4 nitrogen and oxygen atoms in total. The highest BCUT2D eigenvalue weighted by Gasteiger charge is 2.43. The van der Waals surface area contributed by atoms with Crippen LogP contribution in [0.2, 0.25) is 0 Å². The molecule has 0 saturated carbocycles. The van der Waals surface area contributed by atoms with Crippen LogP contribution in [0, 0.1) is 0 Å². The first kappa shape index (κ1) is 21.3. The van der Waals surface area contributed by atoms with Gasteiger partial charge in [0.25, 0.3) is 0 Å². The monoisotopic (exact) mass is 428 g/mol. The van der Waals surface area contributed by atoms with E-state index in [1.54, 1.807) is 24.1 Å². The van der Waals surface area contributed by atoms with Crippen molar-refractivity contribution in [2.45, 2.75) is 37.3 Å². The van der Waals surface area contributed by atoms with Gasteiger partial charge in [-0.1, -0.05) is 42.5 Å². The first-order chi connectivity index (χ1) is 14.7. The van der Waals surface area contributed by atoms with E-state index in [0.29, 0.717) is 29.7 Å². The summed E-state index contributed by atoms with van der Waals surface area (Å²) in [7, 11) is 3.50. The van der Waals surface area contributed by atoms with Gasteiger partial charge in [0.05, 0.1) is 5.56 Å². The molecule has 0 saturated heterocycles. The van der Waals surface area contributed by atoms with E-state index in [1.807, 2.05) is 30.3 Å². The van der Waals surface area contributed by atoms with Crippen molar-refractivity contribution >= 4 is 11.7 Å². The first-order valence-electron chi connectivity index (χ1n) is 10.2. The van der Waals surface area contributed by atoms with E-state index >= 15 is 0 Å². The predicted octanol–water partition coefficient (Wildman–Crippen LogP) is 4.90. The molecule has 0 bridgehead atoms. The minimum atomic E-state index is -4.43. The van der Waals surface area contributed by atoms with Crippen LogP contribution < -0.4 is 0 Å². The standard InChI is InChI=1S/C24H23F3N2O2/c1-28(2)29-20-12-17(15-6-4-3-5-7-15)13-21(30)23(20)19(14-22(29)31)16-8-10-18(11-9-16)24(25,26)27/h3-11,17,19H,12-14H2,1-2H3. The minimum absolute atomic E-state index is 0.0458. The summed E-state index contributed by atoms with van der Waals surface area (Å²) in [6, 6.07) is 14.5. The molecule has 2 aromatic carbocycles. The highest BCUT2D eigenvalue weighted by Crippen LogP contribution is 2.46. The van der Waals surface area contributed by atoms with Crippen molar-refractivity contribution in [2.24, 2.45) is 0 Å². The molecular formula is C24H23F3N2O2. The van der Waals surface area contributed by atoms with Crippen molar-refractivity contribution < 1.29 is 22.8 Å². The molecule has 1 aliphatic heterocycles. The zero-order valence-corrected chi connectivity index (χ0v) is 17.3. The molecule has 0 N–H and O–H groups in total. The quantitative estimate of drug-likeness (QED) is 0.698. The van der Waals surface area contributed by atoms with E-state index in [-0.39, 0.29) is 24.0 Å². The van der Waals surface area contributed by atoms with Crippen LogP contribution in [0.25, 0.3) is 0 Å². The second kappa shape index (κ2) is 7.96. The molecule has 2 aromatic rings. The summed E-state index contributed by atoms with van der Waals surface area (Å²) >= 11 is 0. The number of carbonyl (C=O) groups is 2. The van der Waals surface area contributed by atoms with Gasteiger partial charge in [0, 0.05) is 44.1 Å². The molecular weight excluding hydrogens is 405 g/mol. The maximum atomic E-state index is 13.3. The Balaban J connectivity index is 1.77. The summed E-state index contributed by atoms with van der Waals surface area (Å²) in [5.41, 5.74) is 2.03. The molecule has 1 amide bonds. The molecule has 2 atom stereocenters. The lowest BCUT2D eigenvalue weighted by Crippen LogP contribution is -2.47. The largest absolute Gasteiger partial charge is 0.416 e. The molecule has 1 aliphatic carbocycles. The fourth-order valence-corrected chi connectivity index (χ4v) is 4.63. The summed E-state index contributed by atoms with van der Waals surface area (Å²) in [4.78, 5) is 26.3. The van der Waals surface area contributed by atoms with Gasteiger partial charge in [-0.2, -0.15) is 13.2 Å². The number of halogens is 3. The van der Waals surface area contributed by atoms with E-state index in [0.717, 1.165) is 17.7 Å². The van der Waals surface area contributed by atoms with Crippen LogP contribution >= 0.6 is 0 Å². The molecule has 0 fully saturated rings. The van der Waals surface area contributed by atoms with Crippen molar-refractivity contribution in [1.29, 1.82) is 0 Å². The Hall–Kier alpha value is -2.93. The molecule has 1 heterocycles. The molecule has 0 radical (unpaired) electrons. The summed E-state index contributed by atoms with van der Waals surface area (Å²) < 4.78 is 38.9. The lowest BCUT2D eigenvalue weighted by Gasteiger charge is -2.42. The van der Waals surface area contributed by atoms with E-state index in [4.69, 9.17) is 0 Å². The third-order valence-corrected chi connectivity index (χ3v) is 6.01. The highest BCUT2D eigenvalue weighted by molar-refractivity contribution is 6.02. The Morgan fingerprint density at radius 2 is 1.52 bits per heavy atom. The number of rotatable bonds is 3. The lowest BCUT2D eigenvalue weighted by atomic mass is 9.73. The number of Topliss-reactive ketones (excluding diaryl/α,β-unsaturated/α-hetero) is 1. The summed E-state index contributed by atoms with van der Waals surface area (Å²) in [5, 5.41) is 3.21. The van der Waals surface area contributed by atoms with Crippen LogP contribution in [0.15, 0.2) is 65.9 Å². The Morgan fingerprint density at radius 3 is 2.10 bits per heavy atom. The normalized spacial score (nSPS) is 22.2. The topological polar surface area (TPSA) is 40.6 Å². The fourth-order valence-electron chi connectivity index (χ4n) is 4.63. The van der Waals surface area contributed by atoms with Crippen LogP contribution in [-0.2, 0) is 15.8 Å². The summed E-state index contributed by atoms with van der Waals surface area (Å²) in [6.45, 7) is 0. The molecule has 4 rings (SSSR count). The summed E-state index contributed by atoms with van der Waals surface area (Å²) in [6.07, 6.45) is -3.55. The predicted molar refractivity (Wildman–Crippen MR) is 110 cm³/mol. The molecule has 7 heteroatoms. The number of alkyl halides is 3. The van der Waals surface area contributed by atoms with Gasteiger partial charge in [-0.3, -0.25) is 9.59 Å². The van der Waals surface area contributed by atoms with Crippen LogP contribution in [0.5, 0.6) is 0 Å². The average Bonchev–Trinajstić information content (AvgIpc) is 2.72. The Bertz CT molecular complexity index is 1030. The Kier molecular flexibility index (Phi) is 5.47. The lowest BCUT2D eigenvalue weighted by molar-refractivity contribution is -0.143. The second-order valence-corrected chi connectivity index (χ2v) is 8.23. The zero-order chi connectivity index (χ0) is 22.3. The number of hydrogen-bond acceptors (Lipinski definition) is 3. The van der Waals surface area contributed by atoms with Crippen molar-refractivity contribution in [3.8, 4) is 0 Å². The third kappa shape index (κ3) is 4.02. The Labute approximate surface area is 178 Å². The van der Waals surface area contributed by atoms with Gasteiger partial charge in [0.15, 0.2) is 5.78 Å². The number of hydrazine groups is 1. The number of nitrogens with zero attached hydrogens (tertiary/aromatic N) is 2. The maximum absolute atomic E-state index is 13.3. The number of carbonyl (C=O) groups excluding carboxylic acids is 2. The van der Waals surface area contributed by atoms with Crippen molar-refractivity contribution in [3.05, 3.63) is 82.6 Å². The van der Waals surface area contributed by atoms with Gasteiger partial charge in [0.1, 0.15) is 0 Å². The molecule has 31 heavy (non-hydrogen) atoms. The minimum Gasteiger partial charge on any atom is -0.294 e. The van der Waals surface area contributed by atoms with E-state index < -0.39 is 17.7 Å². The SMILES string of the molecule is CN(C)N1C(=O)CC(c2ccc(C(F)(F)F)cc2)C2=C1CC(c1ccccc1)CC2=O. The van der Waals surface area contributed by atoms with Crippen LogP contribution in [0.4, 0.5) is 13.2 Å². The van der Waals surface area contributed by atoms with Crippen molar-refractivity contribution in [2.75, 3.05) is 14.1 Å². The number of hydrogen-bond donors (Lipinski definition) is 0.